The quantitative estimate of drug-likeness (QED) is 0.423. The molecule has 0 radical (unpaired) electrons. The Bertz CT molecular complexity index is 1230. The summed E-state index contributed by atoms with van der Waals surface area (Å²) in [7, 11) is 4.94. The summed E-state index contributed by atoms with van der Waals surface area (Å²) in [4.78, 5) is 32.4. The van der Waals surface area contributed by atoms with E-state index in [9.17, 15) is 4.79 Å². The smallest absolute Gasteiger partial charge is 0.245 e. The zero-order valence-corrected chi connectivity index (χ0v) is 19.9. The lowest BCUT2D eigenvalue weighted by atomic mass is 9.78. The molecule has 178 valence electrons. The van der Waals surface area contributed by atoms with E-state index in [1.165, 1.54) is 4.90 Å². The first-order valence-corrected chi connectivity index (χ1v) is 11.2. The number of hydrogen-bond donors (Lipinski definition) is 1. The summed E-state index contributed by atoms with van der Waals surface area (Å²) >= 11 is 0. The second-order valence-electron chi connectivity index (χ2n) is 8.33. The zero-order valence-electron chi connectivity index (χ0n) is 19.9. The molecule has 2 N–H and O–H groups in total. The molecule has 0 aliphatic carbocycles. The lowest BCUT2D eigenvalue weighted by molar-refractivity contribution is -0.130. The summed E-state index contributed by atoms with van der Waals surface area (Å²) in [6.07, 6.45) is 7.17. The molecule has 1 amide bonds. The van der Waals surface area contributed by atoms with Gasteiger partial charge in [0.05, 0.1) is 30.1 Å². The molecule has 4 aromatic heterocycles. The Balaban J connectivity index is 1.92. The van der Waals surface area contributed by atoms with Crippen molar-refractivity contribution >= 4 is 5.91 Å². The molecule has 2 atom stereocenters. The lowest BCUT2D eigenvalue weighted by Crippen LogP contribution is -2.34. The van der Waals surface area contributed by atoms with Crippen LogP contribution in [0.15, 0.2) is 85.5 Å². The van der Waals surface area contributed by atoms with Crippen LogP contribution in [0, 0.1) is 0 Å². The van der Waals surface area contributed by atoms with Gasteiger partial charge in [0.2, 0.25) is 11.8 Å². The summed E-state index contributed by atoms with van der Waals surface area (Å²) in [6.45, 7) is 0. The fourth-order valence-corrected chi connectivity index (χ4v) is 4.13. The first-order chi connectivity index (χ1) is 17.0. The van der Waals surface area contributed by atoms with E-state index < -0.39 is 6.04 Å². The Labute approximate surface area is 204 Å². The topological polar surface area (TPSA) is 107 Å². The van der Waals surface area contributed by atoms with Crippen molar-refractivity contribution in [3.63, 3.8) is 0 Å². The lowest BCUT2D eigenvalue weighted by Gasteiger charge is -2.28. The molecule has 0 bridgehead atoms. The highest BCUT2D eigenvalue weighted by molar-refractivity contribution is 5.82. The second-order valence-corrected chi connectivity index (χ2v) is 8.33. The number of nitrogens with zero attached hydrogens (tertiary/aromatic N) is 5. The third-order valence-electron chi connectivity index (χ3n) is 5.83. The second kappa shape index (κ2) is 10.8. The minimum Gasteiger partial charge on any atom is -0.481 e. The summed E-state index contributed by atoms with van der Waals surface area (Å²) in [5, 5.41) is 0. The third kappa shape index (κ3) is 5.33. The molecule has 8 heteroatoms. The van der Waals surface area contributed by atoms with E-state index in [4.69, 9.17) is 20.4 Å². The summed E-state index contributed by atoms with van der Waals surface area (Å²) < 4.78 is 5.43. The number of likely N-dealkylation sites (N-methyl/N-ethyl adjacent to an activating group) is 1. The molecule has 0 fully saturated rings. The predicted octanol–water partition coefficient (Wildman–Crippen LogP) is 3.33. The van der Waals surface area contributed by atoms with Gasteiger partial charge in [-0.25, -0.2) is 4.98 Å². The van der Waals surface area contributed by atoms with Crippen LogP contribution in [0.5, 0.6) is 5.88 Å². The number of methoxy groups -OCH3 is 1. The van der Waals surface area contributed by atoms with Crippen LogP contribution in [-0.4, -0.2) is 51.9 Å². The van der Waals surface area contributed by atoms with Crippen LogP contribution in [0.3, 0.4) is 0 Å². The van der Waals surface area contributed by atoms with Crippen molar-refractivity contribution in [1.82, 2.24) is 24.8 Å². The molecular formula is C27H28N6O2. The van der Waals surface area contributed by atoms with Crippen molar-refractivity contribution in [2.24, 2.45) is 5.73 Å². The van der Waals surface area contributed by atoms with Gasteiger partial charge in [-0.15, -0.1) is 0 Å². The molecule has 4 heterocycles. The van der Waals surface area contributed by atoms with Crippen LogP contribution in [0.1, 0.15) is 46.1 Å². The number of aromatic nitrogens is 4. The third-order valence-corrected chi connectivity index (χ3v) is 5.83. The van der Waals surface area contributed by atoms with Gasteiger partial charge in [-0.05, 0) is 41.5 Å². The van der Waals surface area contributed by atoms with Crippen LogP contribution in [0.25, 0.3) is 0 Å². The Morgan fingerprint density at radius 3 is 1.91 bits per heavy atom. The molecule has 35 heavy (non-hydrogen) atoms. The molecule has 0 aliphatic rings. The molecule has 0 saturated carbocycles. The summed E-state index contributed by atoms with van der Waals surface area (Å²) in [5.41, 5.74) is 10.2. The standard InChI is InChI=1S/C27H28N6O2/c1-33(2)27(34)26(28)22-12-4-10-20(31-22)25(21-11-5-13-23(32-21)35-3)24(18-8-6-14-29-16-18)19-9-7-15-30-17-19/h4-17,24-26H,28H2,1-3H3/t25?,26-/m0/s1. The van der Waals surface area contributed by atoms with Crippen molar-refractivity contribution in [2.45, 2.75) is 17.9 Å². The van der Waals surface area contributed by atoms with Crippen molar-refractivity contribution in [3.05, 3.63) is 114 Å². The monoisotopic (exact) mass is 468 g/mol. The SMILES string of the molecule is COc1cccc(C(c2cccc([C@H](N)C(=O)N(C)C)n2)C(c2cccnc2)c2cccnc2)n1. The van der Waals surface area contributed by atoms with Gasteiger partial charge in [0.15, 0.2) is 0 Å². The van der Waals surface area contributed by atoms with Crippen LogP contribution in [0.2, 0.25) is 0 Å². The first-order valence-electron chi connectivity index (χ1n) is 11.2. The average Bonchev–Trinajstić information content (AvgIpc) is 2.91. The van der Waals surface area contributed by atoms with Crippen LogP contribution >= 0.6 is 0 Å². The van der Waals surface area contributed by atoms with E-state index in [1.807, 2.05) is 60.9 Å². The Hall–Kier alpha value is -4.17. The van der Waals surface area contributed by atoms with Gasteiger partial charge in [-0.1, -0.05) is 24.3 Å². The molecule has 0 saturated heterocycles. The van der Waals surface area contributed by atoms with Gasteiger partial charge in [0.25, 0.3) is 0 Å². The fourth-order valence-electron chi connectivity index (χ4n) is 4.13. The van der Waals surface area contributed by atoms with Crippen molar-refractivity contribution in [3.8, 4) is 5.88 Å². The van der Waals surface area contributed by atoms with Crippen LogP contribution in [-0.2, 0) is 4.79 Å². The first kappa shape index (κ1) is 24.0. The largest absolute Gasteiger partial charge is 0.481 e. The Kier molecular flexibility index (Phi) is 7.42. The molecule has 0 aromatic carbocycles. The minimum atomic E-state index is -0.876. The van der Waals surface area contributed by atoms with Gasteiger partial charge in [-0.2, -0.15) is 0 Å². The molecule has 0 aliphatic heterocycles. The highest BCUT2D eigenvalue weighted by atomic mass is 16.5. The number of ether oxygens (including phenoxy) is 1. The fraction of sp³-hybridized carbons (Fsp3) is 0.222. The van der Waals surface area contributed by atoms with Crippen molar-refractivity contribution in [2.75, 3.05) is 21.2 Å². The molecule has 4 rings (SSSR count). The Morgan fingerprint density at radius 2 is 1.37 bits per heavy atom. The minimum absolute atomic E-state index is 0.208. The van der Waals surface area contributed by atoms with Crippen molar-refractivity contribution < 1.29 is 9.53 Å². The van der Waals surface area contributed by atoms with Gasteiger partial charge in [-0.3, -0.25) is 19.7 Å². The number of carbonyl (C=O) groups is 1. The van der Waals surface area contributed by atoms with E-state index >= 15 is 0 Å². The van der Waals surface area contributed by atoms with E-state index in [0.29, 0.717) is 11.6 Å². The molecule has 0 spiro atoms. The number of amides is 1. The highest BCUT2D eigenvalue weighted by Crippen LogP contribution is 2.41. The maximum Gasteiger partial charge on any atom is 0.245 e. The predicted molar refractivity (Wildman–Crippen MR) is 133 cm³/mol. The maximum absolute atomic E-state index is 12.6. The normalized spacial score (nSPS) is 12.7. The highest BCUT2D eigenvalue weighted by Gasteiger charge is 2.32. The number of rotatable bonds is 8. The van der Waals surface area contributed by atoms with Gasteiger partial charge >= 0.3 is 0 Å². The van der Waals surface area contributed by atoms with Gasteiger partial charge in [0.1, 0.15) is 6.04 Å². The van der Waals surface area contributed by atoms with Crippen molar-refractivity contribution in [1.29, 1.82) is 0 Å². The summed E-state index contributed by atoms with van der Waals surface area (Å²) in [5.74, 6) is -0.262. The number of hydrogen-bond acceptors (Lipinski definition) is 7. The van der Waals surface area contributed by atoms with E-state index in [0.717, 1.165) is 22.5 Å². The van der Waals surface area contributed by atoms with E-state index in [-0.39, 0.29) is 17.7 Å². The zero-order chi connectivity index (χ0) is 24.8. The molecule has 1 unspecified atom stereocenters. The average molecular weight is 469 g/mol. The number of pyridine rings is 4. The maximum atomic E-state index is 12.6. The molecular weight excluding hydrogens is 440 g/mol. The Morgan fingerprint density at radius 1 is 0.800 bits per heavy atom. The van der Waals surface area contributed by atoms with E-state index in [2.05, 4.69) is 9.97 Å². The number of carbonyl (C=O) groups excluding carboxylic acids is 1. The van der Waals surface area contributed by atoms with Crippen LogP contribution in [0.4, 0.5) is 0 Å². The van der Waals surface area contributed by atoms with Crippen LogP contribution < -0.4 is 10.5 Å². The summed E-state index contributed by atoms with van der Waals surface area (Å²) in [6, 6.07) is 18.2. The van der Waals surface area contributed by atoms with Gasteiger partial charge < -0.3 is 15.4 Å². The number of nitrogens with two attached hydrogens (primary N) is 1. The molecule has 8 nitrogen and oxygen atoms in total. The van der Waals surface area contributed by atoms with Gasteiger partial charge in [0, 0.05) is 50.9 Å². The van der Waals surface area contributed by atoms with E-state index in [1.54, 1.807) is 45.7 Å². The molecule has 4 aromatic rings.